The first-order valence-corrected chi connectivity index (χ1v) is 10.7. The first-order valence-electron chi connectivity index (χ1n) is 10.7. The summed E-state index contributed by atoms with van der Waals surface area (Å²) >= 11 is 0. The molecule has 1 aromatic heterocycles. The van der Waals surface area contributed by atoms with Crippen molar-refractivity contribution in [1.82, 2.24) is 15.5 Å². The number of nitrogens with one attached hydrogen (secondary N) is 2. The van der Waals surface area contributed by atoms with Crippen LogP contribution in [-0.4, -0.2) is 62.3 Å². The van der Waals surface area contributed by atoms with Crippen LogP contribution in [0.4, 0.5) is 0 Å². The van der Waals surface area contributed by atoms with Gasteiger partial charge in [0, 0.05) is 32.2 Å². The summed E-state index contributed by atoms with van der Waals surface area (Å²) in [7, 11) is 0. The number of likely N-dealkylation sites (tertiary alicyclic amines) is 1. The van der Waals surface area contributed by atoms with Crippen LogP contribution < -0.4 is 10.6 Å². The molecule has 2 unspecified atom stereocenters. The Morgan fingerprint density at radius 1 is 1.22 bits per heavy atom. The molecule has 6 heteroatoms. The van der Waals surface area contributed by atoms with Crippen molar-refractivity contribution < 1.29 is 9.15 Å². The molecule has 3 heterocycles. The molecule has 2 atom stereocenters. The summed E-state index contributed by atoms with van der Waals surface area (Å²) in [6.07, 6.45) is 10.4. The topological polar surface area (TPSA) is 62.0 Å². The molecule has 0 saturated carbocycles. The number of furan rings is 1. The molecule has 6 nitrogen and oxygen atoms in total. The Morgan fingerprint density at radius 3 is 2.81 bits per heavy atom. The molecule has 2 N–H and O–H groups in total. The standard InChI is InChI=1S/C21H36N4O2/c1-18(25-13-3-2-4-14-25)9-11-22-21(24-17-20-8-6-16-27-20)23-12-10-19-7-5-15-26-19/h5,7,15,18,20H,2-4,6,8-14,16-17H2,1H3,(H2,22,23,24). The second-order valence-corrected chi connectivity index (χ2v) is 7.74. The lowest BCUT2D eigenvalue weighted by molar-refractivity contribution is 0.117. The number of rotatable bonds is 9. The van der Waals surface area contributed by atoms with Crippen molar-refractivity contribution >= 4 is 5.96 Å². The summed E-state index contributed by atoms with van der Waals surface area (Å²) in [6.45, 7) is 8.22. The largest absolute Gasteiger partial charge is 0.469 e. The summed E-state index contributed by atoms with van der Waals surface area (Å²) in [5.74, 6) is 1.89. The number of guanidine groups is 1. The molecule has 0 spiro atoms. The smallest absolute Gasteiger partial charge is 0.191 e. The maximum absolute atomic E-state index is 5.70. The van der Waals surface area contributed by atoms with Crippen molar-refractivity contribution in [1.29, 1.82) is 0 Å². The van der Waals surface area contributed by atoms with E-state index in [9.17, 15) is 0 Å². The summed E-state index contributed by atoms with van der Waals surface area (Å²) < 4.78 is 11.1. The monoisotopic (exact) mass is 376 g/mol. The fourth-order valence-corrected chi connectivity index (χ4v) is 3.86. The van der Waals surface area contributed by atoms with Gasteiger partial charge in [-0.2, -0.15) is 0 Å². The summed E-state index contributed by atoms with van der Waals surface area (Å²) in [5.41, 5.74) is 0. The van der Waals surface area contributed by atoms with Gasteiger partial charge in [-0.15, -0.1) is 0 Å². The van der Waals surface area contributed by atoms with Crippen LogP contribution in [0.15, 0.2) is 27.8 Å². The predicted molar refractivity (Wildman–Crippen MR) is 109 cm³/mol. The van der Waals surface area contributed by atoms with Gasteiger partial charge in [0.15, 0.2) is 5.96 Å². The fourth-order valence-electron chi connectivity index (χ4n) is 3.86. The van der Waals surface area contributed by atoms with Crippen LogP contribution in [-0.2, 0) is 11.2 Å². The minimum atomic E-state index is 0.279. The van der Waals surface area contributed by atoms with Crippen molar-refractivity contribution in [2.75, 3.05) is 39.3 Å². The maximum atomic E-state index is 5.70. The van der Waals surface area contributed by atoms with Gasteiger partial charge < -0.3 is 24.7 Å². The Bertz CT molecular complexity index is 534. The average molecular weight is 377 g/mol. The van der Waals surface area contributed by atoms with Crippen molar-refractivity contribution in [2.45, 2.75) is 64.0 Å². The van der Waals surface area contributed by atoms with Gasteiger partial charge in [0.1, 0.15) is 5.76 Å². The van der Waals surface area contributed by atoms with Crippen LogP contribution >= 0.6 is 0 Å². The van der Waals surface area contributed by atoms with E-state index in [1.807, 2.05) is 12.1 Å². The van der Waals surface area contributed by atoms with Crippen LogP contribution in [0.25, 0.3) is 0 Å². The highest BCUT2D eigenvalue weighted by atomic mass is 16.5. The molecule has 0 radical (unpaired) electrons. The molecule has 2 aliphatic heterocycles. The number of nitrogens with zero attached hydrogens (tertiary/aromatic N) is 2. The Kier molecular flexibility index (Phi) is 8.49. The van der Waals surface area contributed by atoms with Crippen molar-refractivity contribution in [2.24, 2.45) is 4.99 Å². The molecule has 0 amide bonds. The number of aliphatic imine (C=N–C) groups is 1. The first-order chi connectivity index (χ1) is 13.3. The maximum Gasteiger partial charge on any atom is 0.191 e. The molecule has 0 bridgehead atoms. The van der Waals surface area contributed by atoms with Gasteiger partial charge in [0.25, 0.3) is 0 Å². The number of piperidine rings is 1. The lowest BCUT2D eigenvalue weighted by Gasteiger charge is -2.32. The van der Waals surface area contributed by atoms with E-state index in [1.165, 1.54) is 32.4 Å². The van der Waals surface area contributed by atoms with Gasteiger partial charge in [0.2, 0.25) is 0 Å². The first kappa shape index (κ1) is 20.2. The highest BCUT2D eigenvalue weighted by Gasteiger charge is 2.17. The molecule has 152 valence electrons. The molecule has 0 aliphatic carbocycles. The molecular formula is C21H36N4O2. The quantitative estimate of drug-likeness (QED) is 0.513. The zero-order valence-electron chi connectivity index (χ0n) is 16.8. The molecule has 3 rings (SSSR count). The van der Waals surface area contributed by atoms with E-state index in [0.29, 0.717) is 6.04 Å². The van der Waals surface area contributed by atoms with E-state index < -0.39 is 0 Å². The normalized spacial score (nSPS) is 22.7. The van der Waals surface area contributed by atoms with E-state index in [4.69, 9.17) is 14.1 Å². The molecule has 2 fully saturated rings. The van der Waals surface area contributed by atoms with Gasteiger partial charge in [0.05, 0.1) is 18.9 Å². The minimum Gasteiger partial charge on any atom is -0.469 e. The fraction of sp³-hybridized carbons (Fsp3) is 0.762. The SMILES string of the molecule is CC(CCNC(=NCC1CCCO1)NCCc1ccco1)N1CCCCC1. The lowest BCUT2D eigenvalue weighted by Crippen LogP contribution is -2.43. The second-order valence-electron chi connectivity index (χ2n) is 7.74. The Balaban J connectivity index is 1.42. The van der Waals surface area contributed by atoms with Crippen LogP contribution in [0.3, 0.4) is 0 Å². The van der Waals surface area contributed by atoms with Crippen LogP contribution in [0.2, 0.25) is 0 Å². The van der Waals surface area contributed by atoms with E-state index >= 15 is 0 Å². The van der Waals surface area contributed by atoms with Gasteiger partial charge in [-0.3, -0.25) is 4.99 Å². The zero-order chi connectivity index (χ0) is 18.7. The molecule has 2 saturated heterocycles. The highest BCUT2D eigenvalue weighted by molar-refractivity contribution is 5.79. The van der Waals surface area contributed by atoms with Gasteiger partial charge in [-0.05, 0) is 64.3 Å². The second kappa shape index (κ2) is 11.3. The molecule has 2 aliphatic rings. The molecule has 27 heavy (non-hydrogen) atoms. The van der Waals surface area contributed by atoms with Crippen molar-refractivity contribution in [3.63, 3.8) is 0 Å². The predicted octanol–water partition coefficient (Wildman–Crippen LogP) is 2.80. The zero-order valence-corrected chi connectivity index (χ0v) is 16.8. The van der Waals surface area contributed by atoms with Crippen molar-refractivity contribution in [3.05, 3.63) is 24.2 Å². The van der Waals surface area contributed by atoms with Gasteiger partial charge >= 0.3 is 0 Å². The van der Waals surface area contributed by atoms with Crippen LogP contribution in [0, 0.1) is 0 Å². The Hall–Kier alpha value is -1.53. The van der Waals surface area contributed by atoms with E-state index in [2.05, 4.69) is 22.5 Å². The molecule has 1 aromatic rings. The molecular weight excluding hydrogens is 340 g/mol. The third-order valence-electron chi connectivity index (χ3n) is 5.59. The minimum absolute atomic E-state index is 0.279. The van der Waals surface area contributed by atoms with E-state index in [1.54, 1.807) is 6.26 Å². The summed E-state index contributed by atoms with van der Waals surface area (Å²) in [5, 5.41) is 6.96. The summed E-state index contributed by atoms with van der Waals surface area (Å²) in [4.78, 5) is 7.38. The number of hydrogen-bond donors (Lipinski definition) is 2. The van der Waals surface area contributed by atoms with Crippen LogP contribution in [0.1, 0.15) is 51.2 Å². The number of hydrogen-bond acceptors (Lipinski definition) is 4. The third-order valence-corrected chi connectivity index (χ3v) is 5.59. The lowest BCUT2D eigenvalue weighted by atomic mass is 10.1. The van der Waals surface area contributed by atoms with E-state index in [-0.39, 0.29) is 6.10 Å². The average Bonchev–Trinajstić information content (AvgIpc) is 3.40. The van der Waals surface area contributed by atoms with Gasteiger partial charge in [-0.1, -0.05) is 6.42 Å². The highest BCUT2D eigenvalue weighted by Crippen LogP contribution is 2.14. The Morgan fingerprint density at radius 2 is 2.07 bits per heavy atom. The Labute approximate surface area is 163 Å². The van der Waals surface area contributed by atoms with Gasteiger partial charge in [-0.25, -0.2) is 0 Å². The van der Waals surface area contributed by atoms with Crippen LogP contribution in [0.5, 0.6) is 0 Å². The molecule has 0 aromatic carbocycles. The van der Waals surface area contributed by atoms with Crippen molar-refractivity contribution in [3.8, 4) is 0 Å². The number of ether oxygens (including phenoxy) is 1. The van der Waals surface area contributed by atoms with E-state index in [0.717, 1.165) is 63.6 Å². The summed E-state index contributed by atoms with van der Waals surface area (Å²) in [6, 6.07) is 4.57. The third kappa shape index (κ3) is 7.18.